The number of hydrogen-bond donors (Lipinski definition) is 0. The maximum Gasteiger partial charge on any atom is 0.147 e. The largest absolute Gasteiger partial charge is 0.272 e. The summed E-state index contributed by atoms with van der Waals surface area (Å²) in [7, 11) is -2.94. The van der Waals surface area contributed by atoms with Crippen molar-refractivity contribution in [1.29, 1.82) is 0 Å². The summed E-state index contributed by atoms with van der Waals surface area (Å²) in [6, 6.07) is 5.44. The van der Waals surface area contributed by atoms with Crippen LogP contribution in [0.1, 0.15) is 6.42 Å². The highest BCUT2D eigenvalue weighted by Gasteiger charge is 2.07. The molecule has 8 heteroatoms. The second-order valence-electron chi connectivity index (χ2n) is 5.37. The van der Waals surface area contributed by atoms with E-state index in [1.807, 2.05) is 18.3 Å². The third kappa shape index (κ3) is 4.05. The first-order valence-corrected chi connectivity index (χ1v) is 9.47. The molecule has 3 aromatic heterocycles. The zero-order valence-electron chi connectivity index (χ0n) is 12.5. The van der Waals surface area contributed by atoms with E-state index in [0.717, 1.165) is 22.2 Å². The van der Waals surface area contributed by atoms with E-state index in [1.165, 1.54) is 6.26 Å². The van der Waals surface area contributed by atoms with Crippen LogP contribution in [0.3, 0.4) is 0 Å². The predicted molar refractivity (Wildman–Crippen MR) is 90.1 cm³/mol. The van der Waals surface area contributed by atoms with Crippen LogP contribution in [0.2, 0.25) is 5.15 Å². The Morgan fingerprint density at radius 1 is 1.17 bits per heavy atom. The Labute approximate surface area is 139 Å². The van der Waals surface area contributed by atoms with E-state index in [0.29, 0.717) is 18.1 Å². The summed E-state index contributed by atoms with van der Waals surface area (Å²) < 4.78 is 24.0. The highest BCUT2D eigenvalue weighted by atomic mass is 35.5. The van der Waals surface area contributed by atoms with Crippen LogP contribution >= 0.6 is 11.6 Å². The second kappa shape index (κ2) is 6.25. The monoisotopic (exact) mass is 350 g/mol. The maximum absolute atomic E-state index is 11.1. The molecule has 3 rings (SSSR count). The van der Waals surface area contributed by atoms with Gasteiger partial charge in [0.15, 0.2) is 0 Å². The Hall–Kier alpha value is -1.99. The number of fused-ring (bicyclic) bond motifs is 1. The summed E-state index contributed by atoms with van der Waals surface area (Å²) in [4.78, 5) is 8.62. The summed E-state index contributed by atoms with van der Waals surface area (Å²) >= 11 is 5.91. The Morgan fingerprint density at radius 2 is 2.00 bits per heavy atom. The van der Waals surface area contributed by atoms with Crippen molar-refractivity contribution >= 4 is 32.5 Å². The zero-order chi connectivity index (χ0) is 16.4. The van der Waals surface area contributed by atoms with Crippen LogP contribution in [0.4, 0.5) is 0 Å². The molecule has 3 heterocycles. The molecule has 0 atom stereocenters. The summed E-state index contributed by atoms with van der Waals surface area (Å²) in [5, 5.41) is 4.68. The van der Waals surface area contributed by atoms with Gasteiger partial charge in [0.2, 0.25) is 0 Å². The zero-order valence-corrected chi connectivity index (χ0v) is 14.0. The normalized spacial score (nSPS) is 11.9. The van der Waals surface area contributed by atoms with Gasteiger partial charge in [0.05, 0.1) is 23.0 Å². The minimum absolute atomic E-state index is 0.155. The van der Waals surface area contributed by atoms with Gasteiger partial charge >= 0.3 is 0 Å². The van der Waals surface area contributed by atoms with Gasteiger partial charge in [0.1, 0.15) is 15.0 Å². The van der Waals surface area contributed by atoms with Crippen molar-refractivity contribution in [3.8, 4) is 11.1 Å². The Morgan fingerprint density at radius 3 is 2.78 bits per heavy atom. The van der Waals surface area contributed by atoms with E-state index in [2.05, 4.69) is 15.1 Å². The number of sulfone groups is 1. The Bertz CT molecular complexity index is 953. The third-order valence-corrected chi connectivity index (χ3v) is 4.61. The molecule has 0 aromatic carbocycles. The van der Waals surface area contributed by atoms with Crippen molar-refractivity contribution in [1.82, 2.24) is 19.7 Å². The van der Waals surface area contributed by atoms with E-state index >= 15 is 0 Å². The van der Waals surface area contributed by atoms with Crippen molar-refractivity contribution in [2.45, 2.75) is 13.0 Å². The van der Waals surface area contributed by atoms with Gasteiger partial charge in [-0.2, -0.15) is 5.10 Å². The molecule has 0 bridgehead atoms. The summed E-state index contributed by atoms with van der Waals surface area (Å²) in [5.41, 5.74) is 3.29. The number of hydrogen-bond acceptors (Lipinski definition) is 5. The van der Waals surface area contributed by atoms with Crippen LogP contribution in [-0.2, 0) is 16.4 Å². The molecule has 0 radical (unpaired) electrons. The molecule has 0 spiro atoms. The molecule has 0 aliphatic carbocycles. The van der Waals surface area contributed by atoms with Crippen LogP contribution in [0.5, 0.6) is 0 Å². The lowest BCUT2D eigenvalue weighted by molar-refractivity contribution is 0.576. The van der Waals surface area contributed by atoms with Crippen LogP contribution in [-0.4, -0.2) is 40.2 Å². The van der Waals surface area contributed by atoms with Gasteiger partial charge in [0, 0.05) is 36.3 Å². The second-order valence-corrected chi connectivity index (χ2v) is 8.02. The first-order chi connectivity index (χ1) is 10.9. The van der Waals surface area contributed by atoms with E-state index < -0.39 is 9.84 Å². The predicted octanol–water partition coefficient (Wildman–Crippen LogP) is 2.58. The smallest absolute Gasteiger partial charge is 0.147 e. The average Bonchev–Trinajstić information content (AvgIpc) is 2.94. The number of aryl methyl sites for hydroxylation is 1. The van der Waals surface area contributed by atoms with Crippen molar-refractivity contribution < 1.29 is 8.42 Å². The third-order valence-electron chi connectivity index (χ3n) is 3.37. The molecule has 0 aliphatic heterocycles. The summed E-state index contributed by atoms with van der Waals surface area (Å²) in [6.07, 6.45) is 7.13. The van der Waals surface area contributed by atoms with Gasteiger partial charge < -0.3 is 0 Å². The fourth-order valence-electron chi connectivity index (χ4n) is 2.26. The molecule has 6 nitrogen and oxygen atoms in total. The van der Waals surface area contributed by atoms with Gasteiger partial charge in [-0.15, -0.1) is 0 Å². The average molecular weight is 351 g/mol. The fraction of sp³-hybridized carbons (Fsp3) is 0.267. The molecule has 0 N–H and O–H groups in total. The maximum atomic E-state index is 11.1. The number of rotatable bonds is 5. The van der Waals surface area contributed by atoms with Crippen molar-refractivity contribution in [3.05, 3.63) is 41.9 Å². The minimum Gasteiger partial charge on any atom is -0.272 e. The van der Waals surface area contributed by atoms with E-state index in [4.69, 9.17) is 11.6 Å². The first-order valence-electron chi connectivity index (χ1n) is 7.03. The minimum atomic E-state index is -2.94. The van der Waals surface area contributed by atoms with Crippen molar-refractivity contribution in [2.75, 3.05) is 12.0 Å². The van der Waals surface area contributed by atoms with E-state index in [9.17, 15) is 8.42 Å². The lowest BCUT2D eigenvalue weighted by atomic mass is 10.1. The number of pyridine rings is 2. The quantitative estimate of drug-likeness (QED) is 0.661. The molecule has 0 amide bonds. The van der Waals surface area contributed by atoms with Crippen LogP contribution < -0.4 is 0 Å². The first kappa shape index (κ1) is 15.9. The highest BCUT2D eigenvalue weighted by molar-refractivity contribution is 7.90. The van der Waals surface area contributed by atoms with Crippen LogP contribution in [0.25, 0.3) is 22.2 Å². The van der Waals surface area contributed by atoms with E-state index in [1.54, 1.807) is 23.1 Å². The van der Waals surface area contributed by atoms with Gasteiger partial charge in [-0.25, -0.2) is 13.4 Å². The molecule has 0 fully saturated rings. The van der Waals surface area contributed by atoms with Crippen LogP contribution in [0.15, 0.2) is 36.8 Å². The topological polar surface area (TPSA) is 77.7 Å². The number of halogens is 1. The standard InChI is InChI=1S/C15H15ClN4O2S/c1-23(21,22)6-2-5-20-10-12(9-18-20)11-7-14-13(17-8-11)3-4-15(16)19-14/h3-4,7-10H,2,5-6H2,1H3. The van der Waals surface area contributed by atoms with Gasteiger partial charge in [-0.1, -0.05) is 11.6 Å². The van der Waals surface area contributed by atoms with Gasteiger partial charge in [0.25, 0.3) is 0 Å². The Balaban J connectivity index is 1.79. The summed E-state index contributed by atoms with van der Waals surface area (Å²) in [5.74, 6) is 0.155. The SMILES string of the molecule is CS(=O)(=O)CCCn1cc(-c2cnc3ccc(Cl)nc3c2)cn1. The lowest BCUT2D eigenvalue weighted by Gasteiger charge is -2.01. The van der Waals surface area contributed by atoms with E-state index in [-0.39, 0.29) is 5.75 Å². The lowest BCUT2D eigenvalue weighted by Crippen LogP contribution is -2.07. The highest BCUT2D eigenvalue weighted by Crippen LogP contribution is 2.22. The number of nitrogens with zero attached hydrogens (tertiary/aromatic N) is 4. The van der Waals surface area contributed by atoms with Gasteiger partial charge in [-0.3, -0.25) is 9.67 Å². The molecule has 23 heavy (non-hydrogen) atoms. The van der Waals surface area contributed by atoms with Crippen molar-refractivity contribution in [2.24, 2.45) is 0 Å². The number of aromatic nitrogens is 4. The Kier molecular flexibility index (Phi) is 4.32. The molecular weight excluding hydrogens is 336 g/mol. The van der Waals surface area contributed by atoms with Crippen LogP contribution in [0, 0.1) is 0 Å². The van der Waals surface area contributed by atoms with Gasteiger partial charge in [-0.05, 0) is 24.6 Å². The molecule has 0 saturated heterocycles. The molecular formula is C15H15ClN4O2S. The molecule has 0 saturated carbocycles. The molecule has 3 aromatic rings. The molecule has 0 unspecified atom stereocenters. The summed E-state index contributed by atoms with van der Waals surface area (Å²) in [6.45, 7) is 0.554. The molecule has 120 valence electrons. The van der Waals surface area contributed by atoms with Crippen molar-refractivity contribution in [3.63, 3.8) is 0 Å². The fourth-order valence-corrected chi connectivity index (χ4v) is 3.07. The molecule has 0 aliphatic rings.